The van der Waals surface area contributed by atoms with Crippen LogP contribution in [0.4, 0.5) is 4.79 Å². The highest BCUT2D eigenvalue weighted by molar-refractivity contribution is 5.74. The van der Waals surface area contributed by atoms with Crippen molar-refractivity contribution in [2.24, 2.45) is 0 Å². The molecule has 2 aliphatic rings. The smallest absolute Gasteiger partial charge is 0.315 e. The monoisotopic (exact) mass is 339 g/mol. The predicted molar refractivity (Wildman–Crippen MR) is 96.3 cm³/mol. The molecule has 1 aliphatic heterocycles. The molecular formula is C20H25N3O2. The number of carbonyl (C=O) groups excluding carboxylic acids is 1. The van der Waals surface area contributed by atoms with E-state index in [-0.39, 0.29) is 12.1 Å². The first-order chi connectivity index (χ1) is 12.3. The summed E-state index contributed by atoms with van der Waals surface area (Å²) in [5.41, 5.74) is 4.00. The van der Waals surface area contributed by atoms with Crippen molar-refractivity contribution >= 4 is 6.03 Å². The zero-order chi connectivity index (χ0) is 17.1. The first-order valence-electron chi connectivity index (χ1n) is 9.19. The van der Waals surface area contributed by atoms with Crippen molar-refractivity contribution in [2.75, 3.05) is 19.6 Å². The standard InChI is InChI=1S/C20H25N3O2/c24-20(22-18-6-3-7-19-17(18)9-13-25-19)21-10-12-23-11-8-15-4-1-2-5-16(15)14-23/h1-2,4-5,9,13,18H,3,6-8,10-12,14H2,(H2,21,22,24). The Kier molecular flexibility index (Phi) is 4.74. The average molecular weight is 339 g/mol. The van der Waals surface area contributed by atoms with Gasteiger partial charge in [-0.1, -0.05) is 24.3 Å². The normalized spacial score (nSPS) is 19.8. The Morgan fingerprint density at radius 1 is 1.20 bits per heavy atom. The molecule has 1 aromatic heterocycles. The highest BCUT2D eigenvalue weighted by Crippen LogP contribution is 2.30. The summed E-state index contributed by atoms with van der Waals surface area (Å²) < 4.78 is 5.48. The molecule has 1 aromatic carbocycles. The Balaban J connectivity index is 1.23. The Morgan fingerprint density at radius 3 is 3.00 bits per heavy atom. The van der Waals surface area contributed by atoms with Crippen LogP contribution < -0.4 is 10.6 Å². The van der Waals surface area contributed by atoms with Gasteiger partial charge in [0.2, 0.25) is 0 Å². The van der Waals surface area contributed by atoms with E-state index in [9.17, 15) is 4.79 Å². The molecule has 0 spiro atoms. The zero-order valence-electron chi connectivity index (χ0n) is 14.5. The van der Waals surface area contributed by atoms with Crippen molar-refractivity contribution in [3.05, 3.63) is 59.0 Å². The number of carbonyl (C=O) groups is 1. The third-order valence-electron chi connectivity index (χ3n) is 5.28. The van der Waals surface area contributed by atoms with E-state index >= 15 is 0 Å². The number of nitrogens with zero attached hydrogens (tertiary/aromatic N) is 1. The van der Waals surface area contributed by atoms with E-state index in [4.69, 9.17) is 4.42 Å². The lowest BCUT2D eigenvalue weighted by molar-refractivity contribution is 0.226. The number of rotatable bonds is 4. The van der Waals surface area contributed by atoms with Crippen molar-refractivity contribution in [1.29, 1.82) is 0 Å². The van der Waals surface area contributed by atoms with Gasteiger partial charge in [0.25, 0.3) is 0 Å². The molecule has 4 rings (SSSR count). The van der Waals surface area contributed by atoms with Crippen LogP contribution in [0.5, 0.6) is 0 Å². The largest absolute Gasteiger partial charge is 0.469 e. The molecule has 2 amide bonds. The lowest BCUT2D eigenvalue weighted by Crippen LogP contribution is -2.43. The maximum Gasteiger partial charge on any atom is 0.315 e. The molecule has 1 atom stereocenters. The first-order valence-corrected chi connectivity index (χ1v) is 9.19. The predicted octanol–water partition coefficient (Wildman–Crippen LogP) is 3.01. The second-order valence-corrected chi connectivity index (χ2v) is 6.94. The number of hydrogen-bond acceptors (Lipinski definition) is 3. The molecule has 5 heteroatoms. The van der Waals surface area contributed by atoms with Gasteiger partial charge < -0.3 is 15.1 Å². The van der Waals surface area contributed by atoms with Crippen LogP contribution in [0, 0.1) is 0 Å². The molecule has 0 fully saturated rings. The van der Waals surface area contributed by atoms with Gasteiger partial charge in [-0.15, -0.1) is 0 Å². The number of aryl methyl sites for hydroxylation is 1. The molecule has 0 radical (unpaired) electrons. The van der Waals surface area contributed by atoms with Crippen LogP contribution in [0.1, 0.15) is 41.3 Å². The van der Waals surface area contributed by atoms with Crippen LogP contribution in [0.3, 0.4) is 0 Å². The number of amides is 2. The Morgan fingerprint density at radius 2 is 2.08 bits per heavy atom. The van der Waals surface area contributed by atoms with Gasteiger partial charge in [-0.05, 0) is 36.5 Å². The first kappa shape index (κ1) is 16.2. The lowest BCUT2D eigenvalue weighted by Gasteiger charge is -2.29. The summed E-state index contributed by atoms with van der Waals surface area (Å²) in [5.74, 6) is 1.02. The SMILES string of the molecule is O=C(NCCN1CCc2ccccc2C1)NC1CCCc2occc21. The number of urea groups is 1. The van der Waals surface area contributed by atoms with Crippen molar-refractivity contribution in [2.45, 2.75) is 38.3 Å². The lowest BCUT2D eigenvalue weighted by atomic mass is 9.93. The van der Waals surface area contributed by atoms with E-state index in [1.54, 1.807) is 6.26 Å². The topological polar surface area (TPSA) is 57.5 Å². The molecule has 1 unspecified atom stereocenters. The number of furan rings is 1. The van der Waals surface area contributed by atoms with E-state index < -0.39 is 0 Å². The second-order valence-electron chi connectivity index (χ2n) is 6.94. The number of nitrogens with one attached hydrogen (secondary N) is 2. The van der Waals surface area contributed by atoms with E-state index in [0.717, 1.165) is 56.6 Å². The van der Waals surface area contributed by atoms with Gasteiger partial charge in [0.15, 0.2) is 0 Å². The molecule has 0 saturated carbocycles. The van der Waals surface area contributed by atoms with Gasteiger partial charge in [0, 0.05) is 38.2 Å². The van der Waals surface area contributed by atoms with Crippen molar-refractivity contribution in [3.8, 4) is 0 Å². The number of fused-ring (bicyclic) bond motifs is 2. The van der Waals surface area contributed by atoms with Crippen molar-refractivity contribution in [3.63, 3.8) is 0 Å². The summed E-state index contributed by atoms with van der Waals surface area (Å²) in [4.78, 5) is 14.6. The van der Waals surface area contributed by atoms with Gasteiger partial charge in [-0.3, -0.25) is 4.90 Å². The Labute approximate surface area is 148 Å². The minimum absolute atomic E-state index is 0.0735. The summed E-state index contributed by atoms with van der Waals surface area (Å²) in [7, 11) is 0. The second kappa shape index (κ2) is 7.31. The van der Waals surface area contributed by atoms with Crippen LogP contribution in [-0.2, 0) is 19.4 Å². The van der Waals surface area contributed by atoms with Gasteiger partial charge in [-0.25, -0.2) is 4.79 Å². The average Bonchev–Trinajstić information content (AvgIpc) is 3.11. The van der Waals surface area contributed by atoms with Gasteiger partial charge in [0.1, 0.15) is 5.76 Å². The van der Waals surface area contributed by atoms with Crippen molar-refractivity contribution < 1.29 is 9.21 Å². The zero-order valence-corrected chi connectivity index (χ0v) is 14.5. The maximum atomic E-state index is 12.2. The minimum atomic E-state index is -0.0866. The molecule has 25 heavy (non-hydrogen) atoms. The molecule has 2 N–H and O–H groups in total. The molecule has 2 aromatic rings. The molecule has 0 saturated heterocycles. The fourth-order valence-electron chi connectivity index (χ4n) is 3.92. The quantitative estimate of drug-likeness (QED) is 0.900. The van der Waals surface area contributed by atoms with Crippen LogP contribution in [0.25, 0.3) is 0 Å². The summed E-state index contributed by atoms with van der Waals surface area (Å²) >= 11 is 0. The van der Waals surface area contributed by atoms with Gasteiger partial charge in [0.05, 0.1) is 12.3 Å². The fourth-order valence-corrected chi connectivity index (χ4v) is 3.92. The molecular weight excluding hydrogens is 314 g/mol. The molecule has 132 valence electrons. The van der Waals surface area contributed by atoms with Gasteiger partial charge >= 0.3 is 6.03 Å². The third-order valence-corrected chi connectivity index (χ3v) is 5.28. The highest BCUT2D eigenvalue weighted by atomic mass is 16.3. The molecule has 5 nitrogen and oxygen atoms in total. The summed E-state index contributed by atoms with van der Waals surface area (Å²) in [6, 6.07) is 10.6. The molecule has 2 heterocycles. The van der Waals surface area contributed by atoms with Crippen LogP contribution >= 0.6 is 0 Å². The Bertz CT molecular complexity index is 740. The minimum Gasteiger partial charge on any atom is -0.469 e. The summed E-state index contributed by atoms with van der Waals surface area (Å²) in [6.45, 7) is 3.57. The van der Waals surface area contributed by atoms with Crippen LogP contribution in [0.2, 0.25) is 0 Å². The van der Waals surface area contributed by atoms with Gasteiger partial charge in [-0.2, -0.15) is 0 Å². The fraction of sp³-hybridized carbons (Fsp3) is 0.450. The number of benzene rings is 1. The summed E-state index contributed by atoms with van der Waals surface area (Å²) in [5, 5.41) is 6.09. The Hall–Kier alpha value is -2.27. The van der Waals surface area contributed by atoms with Crippen LogP contribution in [0.15, 0.2) is 41.0 Å². The van der Waals surface area contributed by atoms with E-state index in [1.165, 1.54) is 11.1 Å². The maximum absolute atomic E-state index is 12.2. The highest BCUT2D eigenvalue weighted by Gasteiger charge is 2.24. The summed E-state index contributed by atoms with van der Waals surface area (Å²) in [6.07, 6.45) is 5.81. The van der Waals surface area contributed by atoms with E-state index in [2.05, 4.69) is 39.8 Å². The number of hydrogen-bond donors (Lipinski definition) is 2. The molecule has 0 bridgehead atoms. The van der Waals surface area contributed by atoms with E-state index in [0.29, 0.717) is 6.54 Å². The third kappa shape index (κ3) is 3.71. The van der Waals surface area contributed by atoms with Crippen LogP contribution in [-0.4, -0.2) is 30.6 Å². The van der Waals surface area contributed by atoms with Crippen molar-refractivity contribution in [1.82, 2.24) is 15.5 Å². The molecule has 1 aliphatic carbocycles. The van der Waals surface area contributed by atoms with E-state index in [1.807, 2.05) is 6.07 Å².